The van der Waals surface area contributed by atoms with Crippen LogP contribution in [0, 0.1) is 5.92 Å². The van der Waals surface area contributed by atoms with Crippen molar-refractivity contribution in [1.82, 2.24) is 9.36 Å². The van der Waals surface area contributed by atoms with Gasteiger partial charge in [0.25, 0.3) is 0 Å². The maximum absolute atomic E-state index is 9.23. The molecule has 20 heavy (non-hydrogen) atoms. The Balaban J connectivity index is 1.88. The van der Waals surface area contributed by atoms with Crippen LogP contribution in [0.4, 0.5) is 10.8 Å². The summed E-state index contributed by atoms with van der Waals surface area (Å²) >= 11 is 1.45. The van der Waals surface area contributed by atoms with E-state index in [4.69, 9.17) is 5.73 Å². The van der Waals surface area contributed by atoms with Gasteiger partial charge < -0.3 is 15.7 Å². The van der Waals surface area contributed by atoms with E-state index in [1.54, 1.807) is 12.4 Å². The molecule has 0 atom stereocenters. The van der Waals surface area contributed by atoms with Crippen molar-refractivity contribution < 1.29 is 5.11 Å². The van der Waals surface area contributed by atoms with Gasteiger partial charge in [-0.3, -0.25) is 4.98 Å². The highest BCUT2D eigenvalue weighted by Gasteiger charge is 2.24. The molecule has 2 aromatic heterocycles. The third-order valence-electron chi connectivity index (χ3n) is 3.83. The quantitative estimate of drug-likeness (QED) is 0.904. The molecule has 3 heterocycles. The standard InChI is InChI=1S/C14H18N4OS/c15-13-12(11-1-5-16-6-2-11)14(20-17-13)18-7-3-10(9-19)4-8-18/h1-2,5-6,10,19H,3-4,7-9H2,(H2,15,17). The molecule has 0 radical (unpaired) electrons. The van der Waals surface area contributed by atoms with Gasteiger partial charge in [-0.25, -0.2) is 0 Å². The largest absolute Gasteiger partial charge is 0.396 e. The monoisotopic (exact) mass is 290 g/mol. The van der Waals surface area contributed by atoms with E-state index >= 15 is 0 Å². The predicted octanol–water partition coefficient (Wildman–Crippen LogP) is 2.00. The van der Waals surface area contributed by atoms with Gasteiger partial charge in [0.15, 0.2) is 0 Å². The fourth-order valence-corrected chi connectivity index (χ4v) is 3.51. The second-order valence-corrected chi connectivity index (χ2v) is 5.85. The molecular weight excluding hydrogens is 272 g/mol. The number of nitrogens with zero attached hydrogens (tertiary/aromatic N) is 3. The molecule has 0 spiro atoms. The van der Waals surface area contributed by atoms with Gasteiger partial charge in [-0.05, 0) is 48.0 Å². The van der Waals surface area contributed by atoms with Crippen LogP contribution in [0.1, 0.15) is 12.8 Å². The summed E-state index contributed by atoms with van der Waals surface area (Å²) in [6, 6.07) is 3.92. The van der Waals surface area contributed by atoms with E-state index in [0.29, 0.717) is 11.7 Å². The van der Waals surface area contributed by atoms with E-state index in [2.05, 4.69) is 14.3 Å². The van der Waals surface area contributed by atoms with E-state index in [-0.39, 0.29) is 6.61 Å². The number of aliphatic hydroxyl groups excluding tert-OH is 1. The van der Waals surface area contributed by atoms with Gasteiger partial charge in [-0.15, -0.1) is 0 Å². The van der Waals surface area contributed by atoms with E-state index in [0.717, 1.165) is 42.1 Å². The second-order valence-electron chi connectivity index (χ2n) is 5.10. The first kappa shape index (κ1) is 13.3. The van der Waals surface area contributed by atoms with Crippen LogP contribution in [0.25, 0.3) is 11.1 Å². The smallest absolute Gasteiger partial charge is 0.147 e. The van der Waals surface area contributed by atoms with Crippen molar-refractivity contribution in [3.05, 3.63) is 24.5 Å². The SMILES string of the molecule is Nc1nsc(N2CCC(CO)CC2)c1-c1ccncc1. The average molecular weight is 290 g/mol. The number of hydrogen-bond acceptors (Lipinski definition) is 6. The zero-order valence-corrected chi connectivity index (χ0v) is 12.0. The van der Waals surface area contributed by atoms with Gasteiger partial charge in [-0.1, -0.05) is 0 Å². The second kappa shape index (κ2) is 5.76. The van der Waals surface area contributed by atoms with Crippen molar-refractivity contribution in [2.24, 2.45) is 5.92 Å². The van der Waals surface area contributed by atoms with Crippen LogP contribution < -0.4 is 10.6 Å². The first-order valence-corrected chi connectivity index (χ1v) is 7.58. The molecule has 3 N–H and O–H groups in total. The summed E-state index contributed by atoms with van der Waals surface area (Å²) in [6.45, 7) is 2.19. The third kappa shape index (κ3) is 2.48. The van der Waals surface area contributed by atoms with Crippen molar-refractivity contribution in [1.29, 1.82) is 0 Å². The molecular formula is C14H18N4OS. The third-order valence-corrected chi connectivity index (χ3v) is 4.75. The Hall–Kier alpha value is -1.66. The fourth-order valence-electron chi connectivity index (χ4n) is 2.62. The lowest BCUT2D eigenvalue weighted by molar-refractivity contribution is 0.203. The Morgan fingerprint density at radius 2 is 2.00 bits per heavy atom. The number of nitrogen functional groups attached to an aromatic ring is 1. The first-order chi connectivity index (χ1) is 9.79. The predicted molar refractivity (Wildman–Crippen MR) is 81.8 cm³/mol. The molecule has 1 fully saturated rings. The maximum Gasteiger partial charge on any atom is 0.147 e. The molecule has 3 rings (SSSR count). The number of nitrogens with two attached hydrogens (primary N) is 1. The number of piperidine rings is 1. The minimum atomic E-state index is 0.288. The van der Waals surface area contributed by atoms with Crippen molar-refractivity contribution in [2.75, 3.05) is 30.3 Å². The van der Waals surface area contributed by atoms with E-state index in [1.165, 1.54) is 11.5 Å². The molecule has 106 valence electrons. The molecule has 1 saturated heterocycles. The lowest BCUT2D eigenvalue weighted by Crippen LogP contribution is -2.34. The Morgan fingerprint density at radius 3 is 2.65 bits per heavy atom. The Bertz CT molecular complexity index is 564. The summed E-state index contributed by atoms with van der Waals surface area (Å²) in [6.07, 6.45) is 5.58. The number of rotatable bonds is 3. The zero-order valence-electron chi connectivity index (χ0n) is 11.2. The molecule has 0 aliphatic carbocycles. The van der Waals surface area contributed by atoms with Gasteiger partial charge in [0.05, 0.1) is 5.56 Å². The van der Waals surface area contributed by atoms with Crippen LogP contribution in [0.3, 0.4) is 0 Å². The van der Waals surface area contributed by atoms with Crippen LogP contribution in [0.15, 0.2) is 24.5 Å². The zero-order chi connectivity index (χ0) is 13.9. The lowest BCUT2D eigenvalue weighted by atomic mass is 9.97. The van der Waals surface area contributed by atoms with Crippen molar-refractivity contribution in [2.45, 2.75) is 12.8 Å². The Kier molecular flexibility index (Phi) is 3.84. The Labute approximate surface area is 122 Å². The molecule has 0 bridgehead atoms. The van der Waals surface area contributed by atoms with Crippen LogP contribution >= 0.6 is 11.5 Å². The van der Waals surface area contributed by atoms with Gasteiger partial charge >= 0.3 is 0 Å². The number of hydrogen-bond donors (Lipinski definition) is 2. The first-order valence-electron chi connectivity index (χ1n) is 6.81. The van der Waals surface area contributed by atoms with Gasteiger partial charge in [-0.2, -0.15) is 4.37 Å². The number of anilines is 2. The summed E-state index contributed by atoms with van der Waals surface area (Å²) in [5, 5.41) is 10.4. The molecule has 6 heteroatoms. The molecule has 5 nitrogen and oxygen atoms in total. The van der Waals surface area contributed by atoms with Crippen molar-refractivity contribution in [3.8, 4) is 11.1 Å². The van der Waals surface area contributed by atoms with Crippen LogP contribution in [-0.4, -0.2) is 34.2 Å². The molecule has 0 saturated carbocycles. The highest BCUT2D eigenvalue weighted by molar-refractivity contribution is 7.11. The normalized spacial score (nSPS) is 16.6. The van der Waals surface area contributed by atoms with Crippen molar-refractivity contribution >= 4 is 22.4 Å². The maximum atomic E-state index is 9.23. The molecule has 2 aromatic rings. The lowest BCUT2D eigenvalue weighted by Gasteiger charge is -2.32. The summed E-state index contributed by atoms with van der Waals surface area (Å²) in [4.78, 5) is 6.38. The van der Waals surface area contributed by atoms with Crippen LogP contribution in [0.2, 0.25) is 0 Å². The van der Waals surface area contributed by atoms with E-state index < -0.39 is 0 Å². The molecule has 0 aromatic carbocycles. The summed E-state index contributed by atoms with van der Waals surface area (Å²) in [5.74, 6) is 1.02. The van der Waals surface area contributed by atoms with Gasteiger partial charge in [0.2, 0.25) is 0 Å². The van der Waals surface area contributed by atoms with Crippen LogP contribution in [0.5, 0.6) is 0 Å². The van der Waals surface area contributed by atoms with E-state index in [9.17, 15) is 5.11 Å². The fraction of sp³-hybridized carbons (Fsp3) is 0.429. The van der Waals surface area contributed by atoms with Crippen LogP contribution in [-0.2, 0) is 0 Å². The highest BCUT2D eigenvalue weighted by Crippen LogP contribution is 2.40. The molecule has 0 unspecified atom stereocenters. The summed E-state index contributed by atoms with van der Waals surface area (Å²) in [5.41, 5.74) is 8.12. The summed E-state index contributed by atoms with van der Waals surface area (Å²) < 4.78 is 4.32. The summed E-state index contributed by atoms with van der Waals surface area (Å²) in [7, 11) is 0. The van der Waals surface area contributed by atoms with Crippen molar-refractivity contribution in [3.63, 3.8) is 0 Å². The minimum absolute atomic E-state index is 0.288. The number of pyridine rings is 1. The number of aromatic nitrogens is 2. The number of aliphatic hydroxyl groups is 1. The highest BCUT2D eigenvalue weighted by atomic mass is 32.1. The molecule has 1 aliphatic heterocycles. The minimum Gasteiger partial charge on any atom is -0.396 e. The van der Waals surface area contributed by atoms with Gasteiger partial charge in [0.1, 0.15) is 10.8 Å². The molecule has 1 aliphatic rings. The Morgan fingerprint density at radius 1 is 1.30 bits per heavy atom. The van der Waals surface area contributed by atoms with Gasteiger partial charge in [0, 0.05) is 32.1 Å². The topological polar surface area (TPSA) is 75.3 Å². The molecule has 0 amide bonds. The van der Waals surface area contributed by atoms with E-state index in [1.807, 2.05) is 12.1 Å². The average Bonchev–Trinajstić information content (AvgIpc) is 2.90.